The van der Waals surface area contributed by atoms with Crippen LogP contribution >= 0.6 is 36.2 Å². The van der Waals surface area contributed by atoms with Crippen molar-refractivity contribution in [1.29, 1.82) is 0 Å². The van der Waals surface area contributed by atoms with Crippen LogP contribution in [0.2, 0.25) is 0 Å². The Morgan fingerprint density at radius 2 is 1.79 bits per heavy atom. The van der Waals surface area contributed by atoms with E-state index in [1.54, 1.807) is 23.8 Å². The topological polar surface area (TPSA) is 28.5 Å². The number of halogens is 2. The van der Waals surface area contributed by atoms with Gasteiger partial charge in [-0.15, -0.1) is 36.2 Å². The molecule has 0 radical (unpaired) electrons. The molecule has 4 rings (SSSR count). The normalized spacial score (nSPS) is 12.6. The summed E-state index contributed by atoms with van der Waals surface area (Å²) in [5, 5.41) is 2.08. The van der Waals surface area contributed by atoms with Gasteiger partial charge in [-0.1, -0.05) is 30.3 Å². The number of benzene rings is 1. The van der Waals surface area contributed by atoms with Crippen molar-refractivity contribution in [3.63, 3.8) is 0 Å². The van der Waals surface area contributed by atoms with Crippen LogP contribution in [0.3, 0.4) is 0 Å². The second kappa shape index (κ2) is 8.11. The standard InChI is InChI=1S/C18H13N3S.2ClH/c1-2-5-14(6-3-1)16-13-17(18-15(20-16)7-12-22-18)21-10-4-8-19-9-11-21;;/h1-13H;2*1H. The number of nitrogens with zero attached hydrogens (tertiary/aromatic N) is 3. The van der Waals surface area contributed by atoms with Crippen LogP contribution in [0.5, 0.6) is 0 Å². The molecule has 1 aliphatic heterocycles. The first-order valence-corrected chi connectivity index (χ1v) is 7.88. The van der Waals surface area contributed by atoms with Gasteiger partial charge in [-0.05, 0) is 23.6 Å². The second-order valence-corrected chi connectivity index (χ2v) is 5.79. The lowest BCUT2D eigenvalue weighted by atomic mass is 10.1. The van der Waals surface area contributed by atoms with Gasteiger partial charge in [-0.25, -0.2) is 4.98 Å². The lowest BCUT2D eigenvalue weighted by Gasteiger charge is -2.16. The summed E-state index contributed by atoms with van der Waals surface area (Å²) in [7, 11) is 0. The molecular weight excluding hydrogens is 361 g/mol. The molecule has 0 fully saturated rings. The van der Waals surface area contributed by atoms with E-state index in [2.05, 4.69) is 39.5 Å². The fraction of sp³-hybridized carbons (Fsp3) is 0. The van der Waals surface area contributed by atoms with Crippen molar-refractivity contribution < 1.29 is 0 Å². The maximum atomic E-state index is 4.79. The minimum atomic E-state index is 0. The molecule has 0 atom stereocenters. The Hall–Kier alpha value is -2.14. The van der Waals surface area contributed by atoms with E-state index < -0.39 is 0 Å². The van der Waals surface area contributed by atoms with E-state index in [1.807, 2.05) is 36.7 Å². The first-order chi connectivity index (χ1) is 10.9. The molecule has 122 valence electrons. The number of hydrogen-bond acceptors (Lipinski definition) is 4. The van der Waals surface area contributed by atoms with Gasteiger partial charge >= 0.3 is 0 Å². The molecule has 1 aromatic carbocycles. The van der Waals surface area contributed by atoms with Crippen LogP contribution < -0.4 is 4.90 Å². The summed E-state index contributed by atoms with van der Waals surface area (Å²) < 4.78 is 1.18. The van der Waals surface area contributed by atoms with Crippen LogP contribution in [0.25, 0.3) is 21.5 Å². The fourth-order valence-corrected chi connectivity index (χ4v) is 3.29. The molecule has 1 aliphatic rings. The third-order valence-corrected chi connectivity index (χ3v) is 4.40. The molecule has 0 saturated carbocycles. The maximum Gasteiger partial charge on any atom is 0.0838 e. The Kier molecular flexibility index (Phi) is 6.15. The summed E-state index contributed by atoms with van der Waals surface area (Å²) in [5.74, 6) is 0. The summed E-state index contributed by atoms with van der Waals surface area (Å²) in [6.45, 7) is 0. The summed E-state index contributed by atoms with van der Waals surface area (Å²) in [6, 6.07) is 14.5. The summed E-state index contributed by atoms with van der Waals surface area (Å²) >= 11 is 1.71. The van der Waals surface area contributed by atoms with Gasteiger partial charge in [0.1, 0.15) is 0 Å². The number of aliphatic imine (C=N–C) groups is 1. The summed E-state index contributed by atoms with van der Waals surface area (Å²) in [6.07, 6.45) is 9.48. The molecule has 24 heavy (non-hydrogen) atoms. The van der Waals surface area contributed by atoms with Crippen LogP contribution in [-0.4, -0.2) is 11.2 Å². The van der Waals surface area contributed by atoms with Gasteiger partial charge in [-0.2, -0.15) is 0 Å². The van der Waals surface area contributed by atoms with Crippen molar-refractivity contribution in [2.45, 2.75) is 0 Å². The minimum absolute atomic E-state index is 0. The monoisotopic (exact) mass is 375 g/mol. The predicted molar refractivity (Wildman–Crippen MR) is 109 cm³/mol. The number of rotatable bonds is 2. The molecule has 0 unspecified atom stereocenters. The fourth-order valence-electron chi connectivity index (χ4n) is 2.44. The van der Waals surface area contributed by atoms with E-state index in [0.29, 0.717) is 0 Å². The van der Waals surface area contributed by atoms with Crippen LogP contribution in [0.15, 0.2) is 77.5 Å². The quantitative estimate of drug-likeness (QED) is 0.575. The lowest BCUT2D eigenvalue weighted by Crippen LogP contribution is -2.07. The first-order valence-electron chi connectivity index (χ1n) is 7.00. The van der Waals surface area contributed by atoms with E-state index in [-0.39, 0.29) is 24.8 Å². The Labute approximate surface area is 156 Å². The molecule has 0 bridgehead atoms. The molecular formula is C18H15Cl2N3S. The number of thiophene rings is 1. The largest absolute Gasteiger partial charge is 0.321 e. The molecule has 0 N–H and O–H groups in total. The van der Waals surface area contributed by atoms with Crippen LogP contribution in [-0.2, 0) is 0 Å². The van der Waals surface area contributed by atoms with E-state index in [9.17, 15) is 0 Å². The van der Waals surface area contributed by atoms with E-state index in [0.717, 1.165) is 22.5 Å². The zero-order valence-corrected chi connectivity index (χ0v) is 15.0. The molecule has 2 aromatic heterocycles. The highest BCUT2D eigenvalue weighted by molar-refractivity contribution is 7.17. The van der Waals surface area contributed by atoms with Gasteiger partial charge in [0, 0.05) is 30.4 Å². The molecule has 3 heterocycles. The Morgan fingerprint density at radius 1 is 0.958 bits per heavy atom. The number of pyridine rings is 1. The van der Waals surface area contributed by atoms with Gasteiger partial charge in [0.05, 0.1) is 21.6 Å². The average Bonchev–Trinajstić information content (AvgIpc) is 2.88. The molecule has 6 heteroatoms. The van der Waals surface area contributed by atoms with E-state index >= 15 is 0 Å². The third kappa shape index (κ3) is 3.51. The van der Waals surface area contributed by atoms with Crippen LogP contribution in [0.4, 0.5) is 5.69 Å². The van der Waals surface area contributed by atoms with Crippen molar-refractivity contribution in [3.8, 4) is 11.3 Å². The van der Waals surface area contributed by atoms with Crippen molar-refractivity contribution >= 4 is 58.3 Å². The number of anilines is 1. The number of aromatic nitrogens is 1. The zero-order chi connectivity index (χ0) is 14.8. The van der Waals surface area contributed by atoms with Crippen molar-refractivity contribution in [2.24, 2.45) is 4.99 Å². The van der Waals surface area contributed by atoms with Gasteiger partial charge in [0.2, 0.25) is 0 Å². The third-order valence-electron chi connectivity index (χ3n) is 3.47. The highest BCUT2D eigenvalue weighted by Crippen LogP contribution is 2.34. The second-order valence-electron chi connectivity index (χ2n) is 4.87. The highest BCUT2D eigenvalue weighted by atomic mass is 35.5. The zero-order valence-electron chi connectivity index (χ0n) is 12.6. The first kappa shape index (κ1) is 18.2. The summed E-state index contributed by atoms with van der Waals surface area (Å²) in [4.78, 5) is 11.0. The minimum Gasteiger partial charge on any atom is -0.321 e. The lowest BCUT2D eigenvalue weighted by molar-refractivity contribution is 1.28. The smallest absolute Gasteiger partial charge is 0.0838 e. The number of allylic oxidation sites excluding steroid dienone is 1. The molecule has 0 spiro atoms. The molecule has 3 aromatic rings. The maximum absolute atomic E-state index is 4.79. The van der Waals surface area contributed by atoms with Crippen molar-refractivity contribution in [1.82, 2.24) is 4.98 Å². The highest BCUT2D eigenvalue weighted by Gasteiger charge is 2.12. The number of hydrogen-bond donors (Lipinski definition) is 0. The number of fused-ring (bicyclic) bond motifs is 1. The average molecular weight is 376 g/mol. The van der Waals surface area contributed by atoms with Gasteiger partial charge < -0.3 is 4.90 Å². The van der Waals surface area contributed by atoms with Gasteiger partial charge in [0.25, 0.3) is 0 Å². The van der Waals surface area contributed by atoms with Crippen LogP contribution in [0.1, 0.15) is 0 Å². The van der Waals surface area contributed by atoms with Gasteiger partial charge in [-0.3, -0.25) is 4.99 Å². The molecule has 3 nitrogen and oxygen atoms in total. The van der Waals surface area contributed by atoms with Crippen molar-refractivity contribution in [3.05, 3.63) is 72.5 Å². The SMILES string of the molecule is C1=CN(c2cc(-c3ccccc3)nc3ccsc23)C=CN=C1.Cl.Cl. The predicted octanol–water partition coefficient (Wildman–Crippen LogP) is 5.68. The Balaban J connectivity index is 0.00000104. The van der Waals surface area contributed by atoms with Gasteiger partial charge in [0.15, 0.2) is 0 Å². The van der Waals surface area contributed by atoms with E-state index in [4.69, 9.17) is 4.98 Å². The molecule has 0 aliphatic carbocycles. The van der Waals surface area contributed by atoms with Crippen LogP contribution in [0, 0.1) is 0 Å². The Morgan fingerprint density at radius 3 is 2.62 bits per heavy atom. The molecule has 0 amide bonds. The van der Waals surface area contributed by atoms with E-state index in [1.165, 1.54) is 4.70 Å². The molecule has 0 saturated heterocycles. The Bertz CT molecular complexity index is 885. The summed E-state index contributed by atoms with van der Waals surface area (Å²) in [5.41, 5.74) is 4.24. The van der Waals surface area contributed by atoms with Crippen molar-refractivity contribution in [2.75, 3.05) is 4.90 Å².